The van der Waals surface area contributed by atoms with Gasteiger partial charge >= 0.3 is 7.69 Å². The van der Waals surface area contributed by atoms with Crippen LogP contribution in [-0.4, -0.2) is 22.8 Å². The van der Waals surface area contributed by atoms with Crippen molar-refractivity contribution in [2.24, 2.45) is 0 Å². The van der Waals surface area contributed by atoms with Crippen LogP contribution in [0.15, 0.2) is 24.3 Å². The van der Waals surface area contributed by atoms with Gasteiger partial charge in [-0.3, -0.25) is 0 Å². The van der Waals surface area contributed by atoms with Crippen LogP contribution in [0.1, 0.15) is 5.56 Å². The van der Waals surface area contributed by atoms with Gasteiger partial charge in [-0.1, -0.05) is 6.07 Å². The summed E-state index contributed by atoms with van der Waals surface area (Å²) in [7, 11) is 0. The molecule has 5 heteroatoms. The van der Waals surface area contributed by atoms with Gasteiger partial charge in [-0.2, -0.15) is 5.26 Å². The summed E-state index contributed by atoms with van der Waals surface area (Å²) in [6.07, 6.45) is 0. The number of hydrogen-bond donors (Lipinski definition) is 3. The number of phenols is 1. The molecule has 61 valence electrons. The average Bonchev–Trinajstić information content (AvgIpc) is 2.06. The van der Waals surface area contributed by atoms with Gasteiger partial charge in [-0.15, -0.1) is 0 Å². The highest BCUT2D eigenvalue weighted by atomic mass is 16.4. The molecule has 1 aromatic carbocycles. The molecule has 0 aliphatic heterocycles. The molecular weight excluding hydrogens is 157 g/mol. The minimum Gasteiger partial charge on any atom is -0.508 e. The van der Waals surface area contributed by atoms with Crippen LogP contribution in [-0.2, 0) is 0 Å². The van der Waals surface area contributed by atoms with Gasteiger partial charge in [0, 0.05) is 0 Å². The van der Waals surface area contributed by atoms with E-state index in [2.05, 4.69) is 0 Å². The van der Waals surface area contributed by atoms with Crippen molar-refractivity contribution in [1.29, 1.82) is 5.26 Å². The molecule has 1 rings (SSSR count). The number of nitriles is 1. The summed E-state index contributed by atoms with van der Waals surface area (Å²) in [4.78, 5) is 0. The van der Waals surface area contributed by atoms with Crippen molar-refractivity contribution in [3.8, 4) is 11.8 Å². The molecule has 0 unspecified atom stereocenters. The van der Waals surface area contributed by atoms with Crippen LogP contribution in [0.25, 0.3) is 0 Å². The van der Waals surface area contributed by atoms with E-state index in [4.69, 9.17) is 20.4 Å². The van der Waals surface area contributed by atoms with Gasteiger partial charge < -0.3 is 15.2 Å². The number of hydrogen-bond acceptors (Lipinski definition) is 4. The first kappa shape index (κ1) is 10.5. The smallest absolute Gasteiger partial charge is 0.482 e. The highest BCUT2D eigenvalue weighted by Gasteiger charge is 1.88. The molecule has 0 spiro atoms. The lowest BCUT2D eigenvalue weighted by Crippen LogP contribution is -1.75. The Morgan fingerprint density at radius 1 is 1.33 bits per heavy atom. The van der Waals surface area contributed by atoms with Crippen LogP contribution in [0, 0.1) is 11.3 Å². The highest BCUT2D eigenvalue weighted by molar-refractivity contribution is 6.13. The van der Waals surface area contributed by atoms with Crippen molar-refractivity contribution in [2.75, 3.05) is 0 Å². The molecule has 0 atom stereocenters. The standard InChI is InChI=1S/C7H5NO.BH2O2/c8-5-6-2-1-3-7(9)4-6;2-1-3/h1-4,9H;2-3H. The summed E-state index contributed by atoms with van der Waals surface area (Å²) >= 11 is 0. The fraction of sp³-hybridized carbons (Fsp3) is 0. The largest absolute Gasteiger partial charge is 0.508 e. The molecular formula is C7H7BNO3. The molecule has 1 aromatic rings. The number of rotatable bonds is 0. The minimum absolute atomic E-state index is 0. The van der Waals surface area contributed by atoms with Crippen LogP contribution in [0.5, 0.6) is 5.75 Å². The molecule has 0 saturated carbocycles. The summed E-state index contributed by atoms with van der Waals surface area (Å²) < 4.78 is 0. The van der Waals surface area contributed by atoms with Crippen molar-refractivity contribution in [2.45, 2.75) is 0 Å². The van der Waals surface area contributed by atoms with E-state index >= 15 is 0 Å². The number of phenolic OH excluding ortho intramolecular Hbond substituents is 1. The Labute approximate surface area is 70.6 Å². The Bertz CT molecular complexity index is 272. The second kappa shape index (κ2) is 6.22. The Morgan fingerprint density at radius 3 is 2.25 bits per heavy atom. The number of nitrogens with zero attached hydrogens (tertiary/aromatic N) is 1. The predicted octanol–water partition coefficient (Wildman–Crippen LogP) is -0.231. The molecule has 3 N–H and O–H groups in total. The molecule has 0 aliphatic carbocycles. The van der Waals surface area contributed by atoms with E-state index in [1.807, 2.05) is 6.07 Å². The lowest BCUT2D eigenvalue weighted by Gasteiger charge is -1.87. The summed E-state index contributed by atoms with van der Waals surface area (Å²) in [6.45, 7) is 0. The van der Waals surface area contributed by atoms with E-state index in [1.165, 1.54) is 12.1 Å². The van der Waals surface area contributed by atoms with Crippen LogP contribution < -0.4 is 0 Å². The Hall–Kier alpha value is -1.51. The summed E-state index contributed by atoms with van der Waals surface area (Å²) in [5.74, 6) is 0.133. The van der Waals surface area contributed by atoms with Crippen molar-refractivity contribution >= 4 is 7.69 Å². The molecule has 1 radical (unpaired) electrons. The monoisotopic (exact) mass is 164 g/mol. The van der Waals surface area contributed by atoms with Crippen molar-refractivity contribution in [3.63, 3.8) is 0 Å². The molecule has 0 fully saturated rings. The Balaban J connectivity index is 0.000000354. The molecule has 0 bridgehead atoms. The molecule has 0 saturated heterocycles. The van der Waals surface area contributed by atoms with Crippen LogP contribution in [0.3, 0.4) is 0 Å². The fourth-order valence-corrected chi connectivity index (χ4v) is 0.575. The topological polar surface area (TPSA) is 84.5 Å². The van der Waals surface area contributed by atoms with E-state index in [9.17, 15) is 0 Å². The minimum atomic E-state index is 0. The lowest BCUT2D eigenvalue weighted by atomic mass is 10.2. The molecule has 0 heterocycles. The normalized spacial score (nSPS) is 7.42. The van der Waals surface area contributed by atoms with Crippen molar-refractivity contribution in [3.05, 3.63) is 29.8 Å². The Kier molecular flexibility index (Phi) is 5.44. The zero-order valence-corrected chi connectivity index (χ0v) is 6.18. The first-order valence-corrected chi connectivity index (χ1v) is 3.03. The predicted molar refractivity (Wildman–Crippen MR) is 43.0 cm³/mol. The maximum absolute atomic E-state index is 8.79. The van der Waals surface area contributed by atoms with Crippen molar-refractivity contribution < 1.29 is 15.2 Å². The van der Waals surface area contributed by atoms with E-state index in [0.717, 1.165) is 0 Å². The van der Waals surface area contributed by atoms with Crippen LogP contribution in [0.2, 0.25) is 0 Å². The number of aromatic hydroxyl groups is 1. The molecule has 4 nitrogen and oxygen atoms in total. The second-order valence-corrected chi connectivity index (χ2v) is 1.78. The average molecular weight is 164 g/mol. The summed E-state index contributed by atoms with van der Waals surface area (Å²) in [6, 6.07) is 8.12. The van der Waals surface area contributed by atoms with E-state index in [1.54, 1.807) is 12.1 Å². The first-order valence-electron chi connectivity index (χ1n) is 3.03. The van der Waals surface area contributed by atoms with Gasteiger partial charge in [-0.05, 0) is 18.2 Å². The lowest BCUT2D eigenvalue weighted by molar-refractivity contribution is 0.448. The third-order valence-electron chi connectivity index (χ3n) is 0.975. The van der Waals surface area contributed by atoms with Crippen LogP contribution in [0.4, 0.5) is 0 Å². The van der Waals surface area contributed by atoms with Gasteiger partial charge in [0.2, 0.25) is 0 Å². The third kappa shape index (κ3) is 4.33. The molecule has 0 aliphatic rings. The van der Waals surface area contributed by atoms with Gasteiger partial charge in [0.1, 0.15) is 5.75 Å². The van der Waals surface area contributed by atoms with Crippen LogP contribution >= 0.6 is 0 Å². The Morgan fingerprint density at radius 2 is 1.92 bits per heavy atom. The van der Waals surface area contributed by atoms with E-state index in [-0.39, 0.29) is 13.4 Å². The summed E-state index contributed by atoms with van der Waals surface area (Å²) in [5, 5.41) is 31.1. The summed E-state index contributed by atoms with van der Waals surface area (Å²) in [5.41, 5.74) is 0.481. The van der Waals surface area contributed by atoms with Gasteiger partial charge in [0.05, 0.1) is 11.6 Å². The zero-order valence-electron chi connectivity index (χ0n) is 6.18. The fourth-order valence-electron chi connectivity index (χ4n) is 0.575. The maximum atomic E-state index is 8.79. The SMILES string of the molecule is N#Cc1cccc(O)c1.O[B]O. The molecule has 0 amide bonds. The van der Waals surface area contributed by atoms with Crippen molar-refractivity contribution in [1.82, 2.24) is 0 Å². The molecule has 0 aromatic heterocycles. The van der Waals surface area contributed by atoms with Gasteiger partial charge in [-0.25, -0.2) is 0 Å². The quantitative estimate of drug-likeness (QED) is 0.462. The second-order valence-electron chi connectivity index (χ2n) is 1.78. The van der Waals surface area contributed by atoms with Gasteiger partial charge in [0.25, 0.3) is 0 Å². The third-order valence-corrected chi connectivity index (χ3v) is 0.975. The maximum Gasteiger partial charge on any atom is 0.482 e. The van der Waals surface area contributed by atoms with E-state index < -0.39 is 0 Å². The van der Waals surface area contributed by atoms with Gasteiger partial charge in [0.15, 0.2) is 0 Å². The first-order chi connectivity index (χ1) is 5.74. The molecule has 12 heavy (non-hydrogen) atoms. The number of benzene rings is 1. The van der Waals surface area contributed by atoms with E-state index in [0.29, 0.717) is 5.56 Å². The highest BCUT2D eigenvalue weighted by Crippen LogP contribution is 2.08. The zero-order chi connectivity index (χ0) is 9.40.